The van der Waals surface area contributed by atoms with E-state index in [0.717, 1.165) is 37.1 Å². The lowest BCUT2D eigenvalue weighted by atomic mass is 9.77. The van der Waals surface area contributed by atoms with Gasteiger partial charge in [0.1, 0.15) is 4.21 Å². The number of rotatable bonds is 3. The number of likely N-dealkylation sites (tertiary alicyclic amines) is 1. The van der Waals surface area contributed by atoms with Crippen LogP contribution in [-0.4, -0.2) is 49.2 Å². The highest BCUT2D eigenvalue weighted by molar-refractivity contribution is 7.91. The maximum atomic E-state index is 13.3. The summed E-state index contributed by atoms with van der Waals surface area (Å²) in [4.78, 5) is 16.5. The fourth-order valence-electron chi connectivity index (χ4n) is 5.17. The van der Waals surface area contributed by atoms with Crippen molar-refractivity contribution in [3.05, 3.63) is 17.0 Å². The fraction of sp³-hybridized carbons (Fsp3) is 0.750. The van der Waals surface area contributed by atoms with E-state index in [1.165, 1.54) is 37.0 Å². The number of nitrogens with zero attached hydrogens (tertiary/aromatic N) is 2. The monoisotopic (exact) mass is 410 g/mol. The zero-order chi connectivity index (χ0) is 19.0. The van der Waals surface area contributed by atoms with Gasteiger partial charge in [0.15, 0.2) is 0 Å². The van der Waals surface area contributed by atoms with Gasteiger partial charge in [-0.2, -0.15) is 4.31 Å². The van der Waals surface area contributed by atoms with Crippen molar-refractivity contribution < 1.29 is 13.2 Å². The fourth-order valence-corrected chi connectivity index (χ4v) is 8.13. The normalized spacial score (nSPS) is 30.1. The van der Waals surface area contributed by atoms with Crippen molar-refractivity contribution in [3.8, 4) is 0 Å². The summed E-state index contributed by atoms with van der Waals surface area (Å²) < 4.78 is 27.9. The van der Waals surface area contributed by atoms with E-state index in [4.69, 9.17) is 0 Å². The Bertz CT molecular complexity index is 787. The Morgan fingerprint density at radius 1 is 1.04 bits per heavy atom. The second-order valence-electron chi connectivity index (χ2n) is 8.35. The first-order chi connectivity index (χ1) is 13.0. The molecule has 0 N–H and O–H groups in total. The molecule has 0 radical (unpaired) electrons. The summed E-state index contributed by atoms with van der Waals surface area (Å²) in [6.07, 6.45) is 8.79. The highest BCUT2D eigenvalue weighted by Crippen LogP contribution is 2.37. The molecule has 2 aliphatic heterocycles. The Morgan fingerprint density at radius 2 is 1.78 bits per heavy atom. The van der Waals surface area contributed by atoms with Gasteiger partial charge in [0, 0.05) is 30.6 Å². The lowest BCUT2D eigenvalue weighted by Crippen LogP contribution is -2.54. The molecule has 1 saturated carbocycles. The molecule has 3 atom stereocenters. The first kappa shape index (κ1) is 19.4. The number of hydrogen-bond donors (Lipinski definition) is 0. The van der Waals surface area contributed by atoms with Crippen LogP contribution < -0.4 is 0 Å². The zero-order valence-electron chi connectivity index (χ0n) is 16.1. The van der Waals surface area contributed by atoms with E-state index >= 15 is 0 Å². The number of carbonyl (C=O) groups excluding carboxylic acids is 1. The number of thiophene rings is 1. The van der Waals surface area contributed by atoms with Crippen molar-refractivity contribution in [3.63, 3.8) is 0 Å². The van der Waals surface area contributed by atoms with Crippen molar-refractivity contribution in [1.29, 1.82) is 0 Å². The second-order valence-corrected chi connectivity index (χ2v) is 11.8. The van der Waals surface area contributed by atoms with Gasteiger partial charge in [-0.1, -0.05) is 12.8 Å². The molecular formula is C20H30N2O3S2. The summed E-state index contributed by atoms with van der Waals surface area (Å²) in [5.41, 5.74) is 0. The maximum absolute atomic E-state index is 13.3. The molecule has 3 fully saturated rings. The molecule has 0 bridgehead atoms. The first-order valence-electron chi connectivity index (χ1n) is 10.3. The minimum Gasteiger partial charge on any atom is -0.339 e. The number of sulfonamides is 1. The molecule has 3 heterocycles. The third-order valence-electron chi connectivity index (χ3n) is 6.57. The standard InChI is InChI=1S/C20H30N2O3S2/c1-15-10-11-19(26-15)27(24,25)21-12-4-8-17(14-21)20(23)22-13-5-7-16-6-2-3-9-18(16)22/h10-11,16-18H,2-9,12-14H2,1H3. The second kappa shape index (κ2) is 7.84. The van der Waals surface area contributed by atoms with Crippen LogP contribution in [0.15, 0.2) is 16.3 Å². The zero-order valence-corrected chi connectivity index (χ0v) is 17.7. The quantitative estimate of drug-likeness (QED) is 0.764. The molecule has 1 aromatic heterocycles. The Morgan fingerprint density at radius 3 is 2.56 bits per heavy atom. The van der Waals surface area contributed by atoms with Gasteiger partial charge >= 0.3 is 0 Å². The van der Waals surface area contributed by atoms with Crippen LogP contribution in [0.25, 0.3) is 0 Å². The van der Waals surface area contributed by atoms with Gasteiger partial charge < -0.3 is 4.90 Å². The van der Waals surface area contributed by atoms with Crippen LogP contribution in [0.3, 0.4) is 0 Å². The summed E-state index contributed by atoms with van der Waals surface area (Å²) in [7, 11) is -3.48. The molecule has 1 aromatic rings. The third-order valence-corrected chi connectivity index (χ3v) is 9.90. The van der Waals surface area contributed by atoms with Crippen LogP contribution in [0.2, 0.25) is 0 Å². The molecule has 27 heavy (non-hydrogen) atoms. The summed E-state index contributed by atoms with van der Waals surface area (Å²) in [6, 6.07) is 3.94. The molecule has 150 valence electrons. The highest BCUT2D eigenvalue weighted by atomic mass is 32.2. The minimum absolute atomic E-state index is 0.185. The lowest BCUT2D eigenvalue weighted by Gasteiger charge is -2.46. The van der Waals surface area contributed by atoms with Gasteiger partial charge in [-0.3, -0.25) is 4.79 Å². The van der Waals surface area contributed by atoms with E-state index in [0.29, 0.717) is 29.3 Å². The number of amides is 1. The van der Waals surface area contributed by atoms with E-state index in [1.54, 1.807) is 10.4 Å². The van der Waals surface area contributed by atoms with Gasteiger partial charge in [0.25, 0.3) is 10.0 Å². The largest absolute Gasteiger partial charge is 0.339 e. The Labute approximate surface area is 166 Å². The number of aryl methyl sites for hydroxylation is 1. The van der Waals surface area contributed by atoms with Crippen molar-refractivity contribution in [2.24, 2.45) is 11.8 Å². The van der Waals surface area contributed by atoms with E-state index in [2.05, 4.69) is 4.90 Å². The number of hydrogen-bond acceptors (Lipinski definition) is 4. The van der Waals surface area contributed by atoms with Crippen molar-refractivity contribution in [2.45, 2.75) is 68.5 Å². The van der Waals surface area contributed by atoms with E-state index in [1.807, 2.05) is 13.0 Å². The first-order valence-corrected chi connectivity index (χ1v) is 12.6. The average molecular weight is 411 g/mol. The molecule has 7 heteroatoms. The number of fused-ring (bicyclic) bond motifs is 1. The SMILES string of the molecule is Cc1ccc(S(=O)(=O)N2CCCC(C(=O)N3CCCC4CCCCC43)C2)s1. The van der Waals surface area contributed by atoms with Gasteiger partial charge in [0.2, 0.25) is 5.91 Å². The van der Waals surface area contributed by atoms with Crippen LogP contribution >= 0.6 is 11.3 Å². The van der Waals surface area contributed by atoms with E-state index in [9.17, 15) is 13.2 Å². The summed E-state index contributed by atoms with van der Waals surface area (Å²) in [5, 5.41) is 0. The van der Waals surface area contributed by atoms with Crippen LogP contribution in [0.5, 0.6) is 0 Å². The smallest absolute Gasteiger partial charge is 0.252 e. The van der Waals surface area contributed by atoms with Gasteiger partial charge in [-0.25, -0.2) is 8.42 Å². The minimum atomic E-state index is -3.48. The molecule has 3 aliphatic rings. The van der Waals surface area contributed by atoms with Crippen LogP contribution in [0.4, 0.5) is 0 Å². The van der Waals surface area contributed by atoms with Crippen LogP contribution in [-0.2, 0) is 14.8 Å². The topological polar surface area (TPSA) is 57.7 Å². The van der Waals surface area contributed by atoms with Crippen molar-refractivity contribution >= 4 is 27.3 Å². The molecule has 4 rings (SSSR count). The molecule has 0 spiro atoms. The number of piperidine rings is 2. The van der Waals surface area contributed by atoms with Gasteiger partial charge in [0.05, 0.1) is 5.92 Å². The van der Waals surface area contributed by atoms with Crippen molar-refractivity contribution in [2.75, 3.05) is 19.6 Å². The van der Waals surface area contributed by atoms with Gasteiger partial charge in [-0.05, 0) is 63.5 Å². The number of carbonyl (C=O) groups is 1. The Kier molecular flexibility index (Phi) is 5.63. The third kappa shape index (κ3) is 3.83. The molecule has 1 amide bonds. The van der Waals surface area contributed by atoms with Crippen LogP contribution in [0.1, 0.15) is 56.2 Å². The van der Waals surface area contributed by atoms with E-state index in [-0.39, 0.29) is 11.8 Å². The molecule has 0 aromatic carbocycles. The summed E-state index contributed by atoms with van der Waals surface area (Å²) in [5.74, 6) is 0.679. The predicted molar refractivity (Wildman–Crippen MR) is 107 cm³/mol. The average Bonchev–Trinajstić information content (AvgIpc) is 3.14. The summed E-state index contributed by atoms with van der Waals surface area (Å²) in [6.45, 7) is 3.64. The molecule has 5 nitrogen and oxygen atoms in total. The molecular weight excluding hydrogens is 380 g/mol. The lowest BCUT2D eigenvalue weighted by molar-refractivity contribution is -0.143. The van der Waals surface area contributed by atoms with Crippen LogP contribution in [0, 0.1) is 18.8 Å². The molecule has 1 aliphatic carbocycles. The van der Waals surface area contributed by atoms with Gasteiger partial charge in [-0.15, -0.1) is 11.3 Å². The highest BCUT2D eigenvalue weighted by Gasteiger charge is 2.40. The Hall–Kier alpha value is -0.920. The molecule has 3 unspecified atom stereocenters. The van der Waals surface area contributed by atoms with E-state index < -0.39 is 10.0 Å². The maximum Gasteiger partial charge on any atom is 0.252 e. The van der Waals surface area contributed by atoms with Crippen molar-refractivity contribution in [1.82, 2.24) is 9.21 Å². The molecule has 2 saturated heterocycles. The summed E-state index contributed by atoms with van der Waals surface area (Å²) >= 11 is 1.32. The Balaban J connectivity index is 1.48. The predicted octanol–water partition coefficient (Wildman–Crippen LogP) is 3.64.